The van der Waals surface area contributed by atoms with Crippen LogP contribution < -0.4 is 15.4 Å². The molecule has 124 valence electrons. The molecule has 3 rings (SSSR count). The Labute approximate surface area is 139 Å². The van der Waals surface area contributed by atoms with E-state index >= 15 is 0 Å². The highest BCUT2D eigenvalue weighted by molar-refractivity contribution is 5.52. The van der Waals surface area contributed by atoms with E-state index < -0.39 is 0 Å². The Morgan fingerprint density at radius 1 is 1.38 bits per heavy atom. The lowest BCUT2D eigenvalue weighted by atomic mass is 10.3. The maximum absolute atomic E-state index is 8.73. The predicted octanol–water partition coefficient (Wildman–Crippen LogP) is 0.557. The van der Waals surface area contributed by atoms with Gasteiger partial charge in [0.2, 0.25) is 0 Å². The van der Waals surface area contributed by atoms with Crippen molar-refractivity contribution in [2.24, 2.45) is 0 Å². The van der Waals surface area contributed by atoms with Crippen LogP contribution in [0.25, 0.3) is 0 Å². The van der Waals surface area contributed by atoms with Gasteiger partial charge in [-0.1, -0.05) is 0 Å². The van der Waals surface area contributed by atoms with Crippen LogP contribution in [0.5, 0.6) is 5.75 Å². The Bertz CT molecular complexity index is 724. The number of nitrogens with one attached hydrogen (secondary N) is 2. The first-order chi connectivity index (χ1) is 11.7. The fourth-order valence-corrected chi connectivity index (χ4v) is 2.13. The van der Waals surface area contributed by atoms with Gasteiger partial charge in [0.1, 0.15) is 36.0 Å². The third-order valence-corrected chi connectivity index (χ3v) is 3.38. The highest BCUT2D eigenvalue weighted by Gasteiger charge is 2.15. The SMILES string of the molecule is Cc1nnc(Nc2cnc(C#N)cn2)cc1OC[C@@H]1CNCCO1. The van der Waals surface area contributed by atoms with Gasteiger partial charge in [0.05, 0.1) is 19.0 Å². The zero-order valence-electron chi connectivity index (χ0n) is 13.2. The zero-order valence-corrected chi connectivity index (χ0v) is 13.2. The van der Waals surface area contributed by atoms with Gasteiger partial charge in [-0.05, 0) is 6.92 Å². The number of hydrogen-bond acceptors (Lipinski definition) is 9. The summed E-state index contributed by atoms with van der Waals surface area (Å²) < 4.78 is 11.4. The molecule has 2 N–H and O–H groups in total. The number of nitrogens with zero attached hydrogens (tertiary/aromatic N) is 5. The van der Waals surface area contributed by atoms with E-state index in [1.165, 1.54) is 12.4 Å². The lowest BCUT2D eigenvalue weighted by molar-refractivity contribution is -0.0000356. The van der Waals surface area contributed by atoms with Gasteiger partial charge in [-0.25, -0.2) is 9.97 Å². The van der Waals surface area contributed by atoms with E-state index in [4.69, 9.17) is 14.7 Å². The largest absolute Gasteiger partial charge is 0.489 e. The zero-order chi connectivity index (χ0) is 16.8. The van der Waals surface area contributed by atoms with Crippen molar-refractivity contribution in [1.82, 2.24) is 25.5 Å². The van der Waals surface area contributed by atoms with Crippen molar-refractivity contribution in [3.8, 4) is 11.8 Å². The molecule has 0 saturated carbocycles. The lowest BCUT2D eigenvalue weighted by Crippen LogP contribution is -2.41. The quantitative estimate of drug-likeness (QED) is 0.811. The number of aromatic nitrogens is 4. The summed E-state index contributed by atoms with van der Waals surface area (Å²) in [5.74, 6) is 1.58. The molecule has 3 heterocycles. The Balaban J connectivity index is 1.65. The van der Waals surface area contributed by atoms with Crippen LogP contribution in [0.15, 0.2) is 18.5 Å². The summed E-state index contributed by atoms with van der Waals surface area (Å²) in [7, 11) is 0. The molecule has 9 heteroatoms. The highest BCUT2D eigenvalue weighted by Crippen LogP contribution is 2.20. The summed E-state index contributed by atoms with van der Waals surface area (Å²) in [5.41, 5.74) is 0.941. The number of rotatable bonds is 5. The molecule has 0 unspecified atom stereocenters. The Morgan fingerprint density at radius 3 is 3.00 bits per heavy atom. The van der Waals surface area contributed by atoms with E-state index in [9.17, 15) is 0 Å². The van der Waals surface area contributed by atoms with Crippen LogP contribution in [0.1, 0.15) is 11.4 Å². The van der Waals surface area contributed by atoms with Crippen LogP contribution in [-0.4, -0.2) is 52.6 Å². The molecule has 0 aromatic carbocycles. The molecule has 2 aromatic rings. The first-order valence-electron chi connectivity index (χ1n) is 7.53. The summed E-state index contributed by atoms with van der Waals surface area (Å²) in [6.07, 6.45) is 2.86. The first kappa shape index (κ1) is 16.0. The molecular formula is C15H17N7O2. The molecule has 2 aromatic heterocycles. The summed E-state index contributed by atoms with van der Waals surface area (Å²) in [6, 6.07) is 3.66. The van der Waals surface area contributed by atoms with Gasteiger partial charge in [-0.3, -0.25) is 0 Å². The van der Waals surface area contributed by atoms with Crippen LogP contribution in [0.2, 0.25) is 0 Å². The molecule has 24 heavy (non-hydrogen) atoms. The van der Waals surface area contributed by atoms with Gasteiger partial charge < -0.3 is 20.1 Å². The van der Waals surface area contributed by atoms with Crippen LogP contribution in [0.3, 0.4) is 0 Å². The van der Waals surface area contributed by atoms with Crippen molar-refractivity contribution in [2.45, 2.75) is 13.0 Å². The number of nitriles is 1. The molecule has 0 aliphatic carbocycles. The number of aryl methyl sites for hydroxylation is 1. The predicted molar refractivity (Wildman–Crippen MR) is 84.9 cm³/mol. The number of anilines is 2. The second kappa shape index (κ2) is 7.63. The monoisotopic (exact) mass is 327 g/mol. The molecule has 9 nitrogen and oxygen atoms in total. The number of ether oxygens (including phenoxy) is 2. The first-order valence-corrected chi connectivity index (χ1v) is 7.53. The molecule has 1 fully saturated rings. The topological polar surface area (TPSA) is 118 Å². The Hall–Kier alpha value is -2.83. The van der Waals surface area contributed by atoms with Gasteiger partial charge >= 0.3 is 0 Å². The maximum Gasteiger partial charge on any atom is 0.158 e. The fraction of sp³-hybridized carbons (Fsp3) is 0.400. The van der Waals surface area contributed by atoms with Crippen LogP contribution in [0, 0.1) is 18.3 Å². The summed E-state index contributed by atoms with van der Waals surface area (Å²) >= 11 is 0. The third-order valence-electron chi connectivity index (χ3n) is 3.38. The van der Waals surface area contributed by atoms with Crippen molar-refractivity contribution in [3.63, 3.8) is 0 Å². The molecular weight excluding hydrogens is 310 g/mol. The van der Waals surface area contributed by atoms with Gasteiger partial charge in [0.25, 0.3) is 0 Å². The van der Waals surface area contributed by atoms with Crippen LogP contribution in [0.4, 0.5) is 11.6 Å². The molecule has 1 aliphatic rings. The van der Waals surface area contributed by atoms with E-state index in [1.54, 1.807) is 6.07 Å². The summed E-state index contributed by atoms with van der Waals surface area (Å²) in [4.78, 5) is 8.03. The normalized spacial score (nSPS) is 17.1. The highest BCUT2D eigenvalue weighted by atomic mass is 16.5. The standard InChI is InChI=1S/C15H17N7O2/c1-10-13(24-9-12-7-17-2-3-23-12)4-14(22-21-10)20-15-8-18-11(5-16)6-19-15/h4,6,8,12,17H,2-3,7,9H2,1H3,(H,19,20,22)/t12-/m0/s1. The van der Waals surface area contributed by atoms with E-state index in [-0.39, 0.29) is 11.8 Å². The Kier molecular flexibility index (Phi) is 5.10. The van der Waals surface area contributed by atoms with Crippen molar-refractivity contribution < 1.29 is 9.47 Å². The number of hydrogen-bond donors (Lipinski definition) is 2. The van der Waals surface area contributed by atoms with Crippen LogP contribution >= 0.6 is 0 Å². The fourth-order valence-electron chi connectivity index (χ4n) is 2.13. The van der Waals surface area contributed by atoms with E-state index in [0.29, 0.717) is 36.3 Å². The van der Waals surface area contributed by atoms with E-state index in [0.717, 1.165) is 13.1 Å². The van der Waals surface area contributed by atoms with E-state index in [1.807, 2.05) is 13.0 Å². The summed E-state index contributed by atoms with van der Waals surface area (Å²) in [6.45, 7) is 4.59. The third kappa shape index (κ3) is 4.13. The van der Waals surface area contributed by atoms with Crippen molar-refractivity contribution in [2.75, 3.05) is 31.6 Å². The lowest BCUT2D eigenvalue weighted by Gasteiger charge is -2.23. The summed E-state index contributed by atoms with van der Waals surface area (Å²) in [5, 5.41) is 23.1. The van der Waals surface area contributed by atoms with Crippen molar-refractivity contribution in [3.05, 3.63) is 29.8 Å². The molecule has 0 radical (unpaired) electrons. The van der Waals surface area contributed by atoms with Gasteiger partial charge in [-0.15, -0.1) is 10.2 Å². The number of morpholine rings is 1. The molecule has 1 atom stereocenters. The average molecular weight is 327 g/mol. The van der Waals surface area contributed by atoms with Crippen LogP contribution in [-0.2, 0) is 4.74 Å². The van der Waals surface area contributed by atoms with Gasteiger partial charge in [0, 0.05) is 19.2 Å². The molecule has 1 aliphatic heterocycles. The minimum atomic E-state index is 0.0205. The molecule has 1 saturated heterocycles. The smallest absolute Gasteiger partial charge is 0.158 e. The second-order valence-electron chi connectivity index (χ2n) is 5.21. The van der Waals surface area contributed by atoms with Gasteiger partial charge in [0.15, 0.2) is 11.5 Å². The second-order valence-corrected chi connectivity index (χ2v) is 5.21. The Morgan fingerprint density at radius 2 is 2.29 bits per heavy atom. The van der Waals surface area contributed by atoms with Gasteiger partial charge in [-0.2, -0.15) is 5.26 Å². The average Bonchev–Trinajstić information content (AvgIpc) is 2.63. The van der Waals surface area contributed by atoms with Crippen molar-refractivity contribution >= 4 is 11.6 Å². The minimum Gasteiger partial charge on any atom is -0.489 e. The molecule has 0 bridgehead atoms. The van der Waals surface area contributed by atoms with E-state index in [2.05, 4.69) is 30.8 Å². The van der Waals surface area contributed by atoms with Crippen molar-refractivity contribution in [1.29, 1.82) is 5.26 Å². The maximum atomic E-state index is 8.73. The minimum absolute atomic E-state index is 0.0205. The molecule has 0 amide bonds. The molecule has 0 spiro atoms.